The van der Waals surface area contributed by atoms with Crippen LogP contribution in [0.3, 0.4) is 0 Å². The molecule has 1 aromatic carbocycles. The van der Waals surface area contributed by atoms with Gasteiger partial charge in [-0.05, 0) is 40.5 Å². The molecule has 0 bridgehead atoms. The molecule has 0 aliphatic rings. The lowest BCUT2D eigenvalue weighted by molar-refractivity contribution is -0.139. The van der Waals surface area contributed by atoms with Crippen molar-refractivity contribution in [1.82, 2.24) is 5.32 Å². The van der Waals surface area contributed by atoms with Crippen molar-refractivity contribution in [2.24, 2.45) is 5.73 Å². The molecular weight excluding hydrogens is 330 g/mol. The van der Waals surface area contributed by atoms with Crippen molar-refractivity contribution in [3.05, 3.63) is 28.2 Å². The van der Waals surface area contributed by atoms with Gasteiger partial charge in [-0.25, -0.2) is 4.79 Å². The van der Waals surface area contributed by atoms with Crippen LogP contribution in [0.2, 0.25) is 0 Å². The number of carboxylic acids is 1. The molecule has 8 heteroatoms. The minimum Gasteiger partial charge on any atom is -0.480 e. The van der Waals surface area contributed by atoms with E-state index in [0.717, 1.165) is 0 Å². The summed E-state index contributed by atoms with van der Waals surface area (Å²) >= 11 is 3.19. The highest BCUT2D eigenvalue weighted by molar-refractivity contribution is 9.10. The molecule has 0 aliphatic carbocycles. The standard InChI is InChI=1S/C12H14BrN3O4/c13-7-2-1-6(5-8(7)14)11(18)16-9(12(19)20)3-4-10(15)17/h1-2,5,9H,3-4,14H2,(H2,15,17)(H,16,18)(H,19,20)/t9-/m0/s1. The molecule has 1 atom stereocenters. The summed E-state index contributed by atoms with van der Waals surface area (Å²) in [4.78, 5) is 33.6. The van der Waals surface area contributed by atoms with E-state index in [4.69, 9.17) is 16.6 Å². The fourth-order valence-corrected chi connectivity index (χ4v) is 1.72. The molecule has 0 heterocycles. The van der Waals surface area contributed by atoms with E-state index in [1.807, 2.05) is 0 Å². The predicted octanol–water partition coefficient (Wildman–Crippen LogP) is 0.480. The number of aliphatic carboxylic acids is 1. The van der Waals surface area contributed by atoms with Gasteiger partial charge in [-0.1, -0.05) is 0 Å². The summed E-state index contributed by atoms with van der Waals surface area (Å²) in [5, 5.41) is 11.3. The highest BCUT2D eigenvalue weighted by Gasteiger charge is 2.21. The third-order valence-corrected chi connectivity index (χ3v) is 3.26. The van der Waals surface area contributed by atoms with Crippen LogP contribution in [-0.4, -0.2) is 28.9 Å². The fraction of sp³-hybridized carbons (Fsp3) is 0.250. The van der Waals surface area contributed by atoms with Crippen LogP contribution in [0.25, 0.3) is 0 Å². The molecule has 0 spiro atoms. The number of halogens is 1. The lowest BCUT2D eigenvalue weighted by Crippen LogP contribution is -2.41. The molecule has 108 valence electrons. The maximum Gasteiger partial charge on any atom is 0.326 e. The Hall–Kier alpha value is -2.09. The molecule has 0 fully saturated rings. The van der Waals surface area contributed by atoms with Gasteiger partial charge in [0.25, 0.3) is 5.91 Å². The molecule has 20 heavy (non-hydrogen) atoms. The number of primary amides is 1. The molecule has 0 aliphatic heterocycles. The molecule has 0 unspecified atom stereocenters. The number of carbonyl (C=O) groups is 3. The van der Waals surface area contributed by atoms with Crippen LogP contribution in [0.5, 0.6) is 0 Å². The van der Waals surface area contributed by atoms with E-state index in [-0.39, 0.29) is 18.4 Å². The van der Waals surface area contributed by atoms with Crippen LogP contribution >= 0.6 is 15.9 Å². The third-order valence-electron chi connectivity index (χ3n) is 2.54. The number of rotatable bonds is 6. The Labute approximate surface area is 123 Å². The molecule has 0 aromatic heterocycles. The Morgan fingerprint density at radius 1 is 1.35 bits per heavy atom. The number of nitrogen functional groups attached to an aromatic ring is 1. The molecule has 7 nitrogen and oxygen atoms in total. The van der Waals surface area contributed by atoms with E-state index in [0.29, 0.717) is 10.2 Å². The Morgan fingerprint density at radius 2 is 2.00 bits per heavy atom. The normalized spacial score (nSPS) is 11.7. The van der Waals surface area contributed by atoms with Gasteiger partial charge in [-0.15, -0.1) is 0 Å². The molecule has 0 saturated carbocycles. The van der Waals surface area contributed by atoms with Gasteiger partial charge in [-0.3, -0.25) is 9.59 Å². The molecule has 1 aromatic rings. The average Bonchev–Trinajstić information content (AvgIpc) is 2.36. The van der Waals surface area contributed by atoms with E-state index >= 15 is 0 Å². The first-order valence-corrected chi connectivity index (χ1v) is 6.47. The first-order valence-electron chi connectivity index (χ1n) is 5.68. The zero-order valence-corrected chi connectivity index (χ0v) is 12.0. The van der Waals surface area contributed by atoms with Crippen molar-refractivity contribution in [3.63, 3.8) is 0 Å². The number of nitrogens with two attached hydrogens (primary N) is 2. The average molecular weight is 344 g/mol. The van der Waals surface area contributed by atoms with Crippen LogP contribution in [0, 0.1) is 0 Å². The number of nitrogens with one attached hydrogen (secondary N) is 1. The number of hydrogen-bond donors (Lipinski definition) is 4. The highest BCUT2D eigenvalue weighted by Crippen LogP contribution is 2.20. The molecule has 0 radical (unpaired) electrons. The Kier molecular flexibility index (Phi) is 5.51. The van der Waals surface area contributed by atoms with Gasteiger partial charge >= 0.3 is 5.97 Å². The second-order valence-electron chi connectivity index (χ2n) is 4.11. The maximum atomic E-state index is 11.9. The van der Waals surface area contributed by atoms with Crippen molar-refractivity contribution >= 4 is 39.4 Å². The first kappa shape index (κ1) is 16.0. The van der Waals surface area contributed by atoms with Gasteiger partial charge < -0.3 is 21.9 Å². The topological polar surface area (TPSA) is 136 Å². The minimum absolute atomic E-state index is 0.0670. The summed E-state index contributed by atoms with van der Waals surface area (Å²) in [6.45, 7) is 0. The zero-order valence-electron chi connectivity index (χ0n) is 10.4. The van der Waals surface area contributed by atoms with E-state index in [9.17, 15) is 14.4 Å². The van der Waals surface area contributed by atoms with Crippen LogP contribution in [0.15, 0.2) is 22.7 Å². The van der Waals surface area contributed by atoms with Gasteiger partial charge in [0.05, 0.1) is 0 Å². The molecule has 6 N–H and O–H groups in total. The second kappa shape index (κ2) is 6.90. The Morgan fingerprint density at radius 3 is 2.50 bits per heavy atom. The number of amides is 2. The lowest BCUT2D eigenvalue weighted by atomic mass is 10.1. The van der Waals surface area contributed by atoms with Crippen molar-refractivity contribution in [2.45, 2.75) is 18.9 Å². The van der Waals surface area contributed by atoms with Gasteiger partial charge in [-0.2, -0.15) is 0 Å². The van der Waals surface area contributed by atoms with Crippen LogP contribution in [-0.2, 0) is 9.59 Å². The Balaban J connectivity index is 2.77. The number of carbonyl (C=O) groups excluding carboxylic acids is 2. The SMILES string of the molecule is NC(=O)CC[C@H](NC(=O)c1ccc(Br)c(N)c1)C(=O)O. The van der Waals surface area contributed by atoms with Crippen molar-refractivity contribution in [3.8, 4) is 0 Å². The fourth-order valence-electron chi connectivity index (χ4n) is 1.47. The summed E-state index contributed by atoms with van der Waals surface area (Å²) in [7, 11) is 0. The maximum absolute atomic E-state index is 11.9. The van der Waals surface area contributed by atoms with Crippen LogP contribution < -0.4 is 16.8 Å². The highest BCUT2D eigenvalue weighted by atomic mass is 79.9. The summed E-state index contributed by atoms with van der Waals surface area (Å²) in [6, 6.07) is 3.33. The molecular formula is C12H14BrN3O4. The molecule has 2 amide bonds. The van der Waals surface area contributed by atoms with Crippen molar-refractivity contribution in [1.29, 1.82) is 0 Å². The minimum atomic E-state index is -1.23. The van der Waals surface area contributed by atoms with E-state index < -0.39 is 23.8 Å². The van der Waals surface area contributed by atoms with E-state index in [2.05, 4.69) is 21.2 Å². The number of hydrogen-bond acceptors (Lipinski definition) is 4. The number of benzene rings is 1. The largest absolute Gasteiger partial charge is 0.480 e. The number of anilines is 1. The summed E-state index contributed by atoms with van der Waals surface area (Å²) in [5.74, 6) is -2.44. The lowest BCUT2D eigenvalue weighted by Gasteiger charge is -2.14. The Bertz CT molecular complexity index is 548. The van der Waals surface area contributed by atoms with Crippen LogP contribution in [0.1, 0.15) is 23.2 Å². The van der Waals surface area contributed by atoms with Gasteiger partial charge in [0.1, 0.15) is 6.04 Å². The summed E-state index contributed by atoms with van der Waals surface area (Å²) < 4.78 is 0.637. The smallest absolute Gasteiger partial charge is 0.326 e. The zero-order chi connectivity index (χ0) is 15.3. The van der Waals surface area contributed by atoms with E-state index in [1.165, 1.54) is 12.1 Å². The van der Waals surface area contributed by atoms with Crippen molar-refractivity contribution in [2.75, 3.05) is 5.73 Å². The predicted molar refractivity (Wildman–Crippen MR) is 75.9 cm³/mol. The van der Waals surface area contributed by atoms with Gasteiger partial charge in [0, 0.05) is 22.1 Å². The molecule has 0 saturated heterocycles. The third kappa shape index (κ3) is 4.54. The molecule has 1 rings (SSSR count). The van der Waals surface area contributed by atoms with E-state index in [1.54, 1.807) is 6.07 Å². The van der Waals surface area contributed by atoms with Crippen molar-refractivity contribution < 1.29 is 19.5 Å². The second-order valence-corrected chi connectivity index (χ2v) is 4.96. The quantitative estimate of drug-likeness (QED) is 0.557. The number of carboxylic acid groups (broad SMARTS) is 1. The first-order chi connectivity index (χ1) is 9.31. The van der Waals surface area contributed by atoms with Gasteiger partial charge in [0.15, 0.2) is 0 Å². The summed E-state index contributed by atoms with van der Waals surface area (Å²) in [6.07, 6.45) is -0.192. The van der Waals surface area contributed by atoms with Gasteiger partial charge in [0.2, 0.25) is 5.91 Å². The monoisotopic (exact) mass is 343 g/mol. The van der Waals surface area contributed by atoms with Crippen LogP contribution in [0.4, 0.5) is 5.69 Å². The summed E-state index contributed by atoms with van der Waals surface area (Å²) in [5.41, 5.74) is 11.2.